The Kier molecular flexibility index (Phi) is 10.8. The lowest BCUT2D eigenvalue weighted by Gasteiger charge is -2.30. The van der Waals surface area contributed by atoms with Crippen LogP contribution < -0.4 is 14.0 Å². The van der Waals surface area contributed by atoms with Gasteiger partial charge in [-0.3, -0.25) is 4.52 Å². The highest BCUT2D eigenvalue weighted by atomic mass is 31.1. The van der Waals surface area contributed by atoms with Crippen LogP contribution in [-0.4, -0.2) is 20.4 Å². The van der Waals surface area contributed by atoms with E-state index in [0.717, 1.165) is 69.1 Å². The summed E-state index contributed by atoms with van der Waals surface area (Å²) in [6.45, 7) is 13.2. The van der Waals surface area contributed by atoms with Crippen LogP contribution in [0.4, 0.5) is 0 Å². The van der Waals surface area contributed by atoms with Gasteiger partial charge in [0.05, 0.1) is 14.2 Å². The molecule has 7 heteroatoms. The molecule has 1 aliphatic rings. The molecule has 5 aromatic carbocycles. The molecule has 0 spiro atoms. The third kappa shape index (κ3) is 7.95. The number of benzene rings is 5. The normalized spacial score (nSPS) is 17.3. The second-order valence-corrected chi connectivity index (χ2v) is 19.8. The number of rotatable bonds is 9. The summed E-state index contributed by atoms with van der Waals surface area (Å²) in [6.07, 6.45) is 2.95. The molecule has 276 valence electrons. The molecule has 1 unspecified atom stereocenters. The van der Waals surface area contributed by atoms with Crippen LogP contribution in [0, 0.1) is 0 Å². The van der Waals surface area contributed by atoms with Crippen molar-refractivity contribution in [2.24, 2.45) is 0 Å². The summed E-state index contributed by atoms with van der Waals surface area (Å²) in [5.41, 5.74) is 8.00. The number of hydrogen-bond acceptors (Lipinski definition) is 5. The average Bonchev–Trinajstić information content (AvgIpc) is 3.51. The highest BCUT2D eigenvalue weighted by molar-refractivity contribution is 7.58. The van der Waals surface area contributed by atoms with E-state index in [0.29, 0.717) is 11.3 Å². The third-order valence-electron chi connectivity index (χ3n) is 10.5. The van der Waals surface area contributed by atoms with Crippen LogP contribution >= 0.6 is 16.2 Å². The van der Waals surface area contributed by atoms with E-state index in [2.05, 4.69) is 157 Å². The maximum absolute atomic E-state index is 7.32. The SMILES string of the molecule is COc1cc(C(C)(C)C)c2op(OC(CP3[C@@H](c4ccccc4)CC[C@@H]3c3ccccc3)c3ccccc3)oc3c(C(C)(C)C)cc(OC)cc3c2c1. The summed E-state index contributed by atoms with van der Waals surface area (Å²) in [5, 5.41) is 1.82. The molecule has 0 saturated carbocycles. The first-order valence-electron chi connectivity index (χ1n) is 18.6. The molecule has 0 bridgehead atoms. The van der Waals surface area contributed by atoms with Crippen molar-refractivity contribution in [1.82, 2.24) is 0 Å². The molecule has 1 aromatic heterocycles. The lowest BCUT2D eigenvalue weighted by molar-refractivity contribution is 0.288. The summed E-state index contributed by atoms with van der Waals surface area (Å²) < 4.78 is 33.3. The zero-order valence-corrected chi connectivity index (χ0v) is 34.0. The molecule has 6 aromatic rings. The number of ether oxygens (including phenoxy) is 2. The fourth-order valence-corrected chi connectivity index (χ4v) is 12.7. The highest BCUT2D eigenvalue weighted by Gasteiger charge is 2.39. The Morgan fingerprint density at radius 2 is 1.02 bits per heavy atom. The van der Waals surface area contributed by atoms with Gasteiger partial charge in [0, 0.05) is 39.4 Å². The van der Waals surface area contributed by atoms with Crippen molar-refractivity contribution >= 4 is 38.1 Å². The first kappa shape index (κ1) is 37.3. The molecule has 2 heterocycles. The largest absolute Gasteiger partial charge is 0.497 e. The van der Waals surface area contributed by atoms with Crippen LogP contribution in [0.25, 0.3) is 21.9 Å². The summed E-state index contributed by atoms with van der Waals surface area (Å²) in [6, 6.07) is 41.2. The van der Waals surface area contributed by atoms with Crippen molar-refractivity contribution in [3.05, 3.63) is 143 Å². The molecular formula is C46H52O5P2. The van der Waals surface area contributed by atoms with Crippen molar-refractivity contribution < 1.29 is 22.4 Å². The van der Waals surface area contributed by atoms with Crippen molar-refractivity contribution in [3.8, 4) is 11.5 Å². The second-order valence-electron chi connectivity index (χ2n) is 16.1. The Balaban J connectivity index is 1.45. The molecule has 0 N–H and O–H groups in total. The Morgan fingerprint density at radius 1 is 0.604 bits per heavy atom. The first-order valence-corrected chi connectivity index (χ1v) is 21.4. The molecular weight excluding hydrogens is 694 g/mol. The van der Waals surface area contributed by atoms with Gasteiger partial charge in [0.2, 0.25) is 0 Å². The summed E-state index contributed by atoms with van der Waals surface area (Å²) in [5.74, 6) is 1.53. The van der Waals surface area contributed by atoms with Crippen LogP contribution in [0.1, 0.15) is 99.6 Å². The Labute approximate surface area is 317 Å². The predicted molar refractivity (Wildman–Crippen MR) is 222 cm³/mol. The van der Waals surface area contributed by atoms with Crippen LogP contribution in [0.15, 0.2) is 124 Å². The molecule has 0 amide bonds. The minimum atomic E-state index is -1.92. The zero-order chi connectivity index (χ0) is 37.3. The average molecular weight is 747 g/mol. The monoisotopic (exact) mass is 746 g/mol. The zero-order valence-electron chi connectivity index (χ0n) is 32.3. The number of methoxy groups -OCH3 is 2. The fourth-order valence-electron chi connectivity index (χ4n) is 7.71. The molecule has 1 fully saturated rings. The Bertz CT molecular complexity index is 2070. The van der Waals surface area contributed by atoms with Gasteiger partial charge >= 0.3 is 8.24 Å². The van der Waals surface area contributed by atoms with Crippen molar-refractivity contribution in [2.75, 3.05) is 20.4 Å². The van der Waals surface area contributed by atoms with Gasteiger partial charge in [-0.25, -0.2) is 0 Å². The van der Waals surface area contributed by atoms with E-state index in [9.17, 15) is 0 Å². The van der Waals surface area contributed by atoms with Crippen molar-refractivity contribution in [2.45, 2.75) is 82.6 Å². The maximum atomic E-state index is 7.32. The van der Waals surface area contributed by atoms with Crippen molar-refractivity contribution in [1.29, 1.82) is 0 Å². The van der Waals surface area contributed by atoms with Gasteiger partial charge in [-0.2, -0.15) is 0 Å². The fraction of sp³-hybridized carbons (Fsp3) is 0.348. The Hall–Kier alpha value is -4.01. The minimum Gasteiger partial charge on any atom is -0.497 e. The highest BCUT2D eigenvalue weighted by Crippen LogP contribution is 2.71. The van der Waals surface area contributed by atoms with E-state index in [-0.39, 0.29) is 16.9 Å². The van der Waals surface area contributed by atoms with Gasteiger partial charge in [0.25, 0.3) is 0 Å². The smallest absolute Gasteiger partial charge is 0.388 e. The second kappa shape index (κ2) is 15.4. The molecule has 7 rings (SSSR count). The molecule has 1 aliphatic heterocycles. The van der Waals surface area contributed by atoms with Crippen LogP contribution in [-0.2, 0) is 10.8 Å². The van der Waals surface area contributed by atoms with E-state index < -0.39 is 16.2 Å². The van der Waals surface area contributed by atoms with E-state index in [4.69, 9.17) is 22.4 Å². The van der Waals surface area contributed by atoms with Gasteiger partial charge in [0.15, 0.2) is 0 Å². The standard InChI is InChI=1S/C46H52O5P2/c1-45(2,3)38-28-34(47-7)26-36-37-27-35(48-8)29-39(46(4,5)6)44(37)51-53(50-43(36)38)49-40(31-18-12-9-13-19-31)30-52-41(32-20-14-10-15-21-32)24-25-42(52)33-22-16-11-17-23-33/h9-23,26-29,40-42H,24-25,30H2,1-8H3/t40?,41-,42-/m1/s1. The van der Waals surface area contributed by atoms with Crippen LogP contribution in [0.3, 0.4) is 0 Å². The molecule has 5 nitrogen and oxygen atoms in total. The molecule has 0 radical (unpaired) electrons. The van der Waals surface area contributed by atoms with E-state index in [1.54, 1.807) is 14.2 Å². The Morgan fingerprint density at radius 3 is 1.42 bits per heavy atom. The minimum absolute atomic E-state index is 0.249. The summed E-state index contributed by atoms with van der Waals surface area (Å²) in [7, 11) is 0.963. The molecule has 0 aliphatic carbocycles. The number of hydrogen-bond donors (Lipinski definition) is 0. The summed E-state index contributed by atoms with van der Waals surface area (Å²) >= 11 is 0. The van der Waals surface area contributed by atoms with Gasteiger partial charge in [-0.05, 0) is 64.6 Å². The van der Waals surface area contributed by atoms with Crippen LogP contribution in [0.5, 0.6) is 11.5 Å². The van der Waals surface area contributed by atoms with Gasteiger partial charge in [-0.1, -0.05) is 140 Å². The van der Waals surface area contributed by atoms with Gasteiger partial charge in [-0.15, -0.1) is 0 Å². The first-order chi connectivity index (χ1) is 25.4. The number of fused-ring (bicyclic) bond motifs is 3. The van der Waals surface area contributed by atoms with E-state index >= 15 is 0 Å². The van der Waals surface area contributed by atoms with Crippen LogP contribution in [0.2, 0.25) is 0 Å². The third-order valence-corrected chi connectivity index (χ3v) is 15.0. The molecule has 53 heavy (non-hydrogen) atoms. The lowest BCUT2D eigenvalue weighted by atomic mass is 9.84. The predicted octanol–water partition coefficient (Wildman–Crippen LogP) is 13.8. The van der Waals surface area contributed by atoms with Crippen molar-refractivity contribution in [3.63, 3.8) is 0 Å². The van der Waals surface area contributed by atoms with Gasteiger partial charge in [0.1, 0.15) is 28.8 Å². The van der Waals surface area contributed by atoms with Gasteiger partial charge < -0.3 is 17.9 Å². The lowest BCUT2D eigenvalue weighted by Crippen LogP contribution is -2.13. The van der Waals surface area contributed by atoms with E-state index in [1.807, 2.05) is 0 Å². The molecule has 3 atom stereocenters. The quantitative estimate of drug-likeness (QED) is 0.138. The van der Waals surface area contributed by atoms with E-state index in [1.165, 1.54) is 11.1 Å². The summed E-state index contributed by atoms with van der Waals surface area (Å²) in [4.78, 5) is 0. The topological polar surface area (TPSA) is 54.0 Å². The molecule has 1 saturated heterocycles. The maximum Gasteiger partial charge on any atom is 0.388 e.